The summed E-state index contributed by atoms with van der Waals surface area (Å²) < 4.78 is 25.8. The predicted octanol–water partition coefficient (Wildman–Crippen LogP) is 2.91. The molecule has 1 fully saturated rings. The highest BCUT2D eigenvalue weighted by atomic mass is 32.1. The first kappa shape index (κ1) is 31.6. The van der Waals surface area contributed by atoms with Crippen LogP contribution in [0.1, 0.15) is 43.9 Å². The van der Waals surface area contributed by atoms with Crippen LogP contribution in [-0.4, -0.2) is 64.8 Å². The predicted molar refractivity (Wildman–Crippen MR) is 162 cm³/mol. The largest absolute Gasteiger partial charge is 0.496 e. The maximum absolute atomic E-state index is 14.4. The Bertz CT molecular complexity index is 1720. The third-order valence-corrected chi connectivity index (χ3v) is 8.97. The van der Waals surface area contributed by atoms with E-state index in [0.29, 0.717) is 53.0 Å². The Balaban J connectivity index is 1.72. The second-order valence-corrected chi connectivity index (χ2v) is 11.8. The lowest BCUT2D eigenvalue weighted by Gasteiger charge is -2.30. The van der Waals surface area contributed by atoms with Crippen LogP contribution in [-0.2, 0) is 31.2 Å². The van der Waals surface area contributed by atoms with E-state index in [0.717, 1.165) is 10.1 Å². The SMILES string of the molecule is COc1ccccc1C(Cn1c(=O)n(C(C)(C)C(=O)NOCCO)c(=O)c2c(C)c(-c3ncco3)sc21)OC1CCOCC1. The van der Waals surface area contributed by atoms with Crippen molar-refractivity contribution in [3.05, 3.63) is 68.7 Å². The van der Waals surface area contributed by atoms with Gasteiger partial charge in [0.2, 0.25) is 5.89 Å². The van der Waals surface area contributed by atoms with E-state index in [9.17, 15) is 14.4 Å². The fourth-order valence-corrected chi connectivity index (χ4v) is 6.53. The number of methoxy groups -OCH3 is 1. The third-order valence-electron chi connectivity index (χ3n) is 7.67. The van der Waals surface area contributed by atoms with E-state index in [4.69, 9.17) is 28.6 Å². The number of thiophene rings is 1. The van der Waals surface area contributed by atoms with Crippen molar-refractivity contribution in [3.63, 3.8) is 0 Å². The summed E-state index contributed by atoms with van der Waals surface area (Å²) in [7, 11) is 1.57. The topological polar surface area (TPSA) is 156 Å². The van der Waals surface area contributed by atoms with Crippen molar-refractivity contribution in [1.82, 2.24) is 19.6 Å². The van der Waals surface area contributed by atoms with Gasteiger partial charge in [-0.05, 0) is 45.2 Å². The van der Waals surface area contributed by atoms with Crippen LogP contribution < -0.4 is 21.5 Å². The molecule has 1 unspecified atom stereocenters. The van der Waals surface area contributed by atoms with Crippen LogP contribution in [0.3, 0.4) is 0 Å². The van der Waals surface area contributed by atoms with Crippen molar-refractivity contribution in [1.29, 1.82) is 0 Å². The lowest BCUT2D eigenvalue weighted by atomic mass is 10.0. The number of carbonyl (C=O) groups is 1. The van der Waals surface area contributed by atoms with E-state index in [1.807, 2.05) is 24.3 Å². The number of carbonyl (C=O) groups excluding carboxylic acids is 1. The van der Waals surface area contributed by atoms with Crippen LogP contribution in [0, 0.1) is 6.92 Å². The molecule has 1 atom stereocenters. The average Bonchev–Trinajstić information content (AvgIpc) is 3.67. The van der Waals surface area contributed by atoms with E-state index in [-0.39, 0.29) is 31.2 Å². The zero-order valence-electron chi connectivity index (χ0n) is 25.0. The van der Waals surface area contributed by atoms with Crippen LogP contribution >= 0.6 is 11.3 Å². The molecule has 0 radical (unpaired) electrons. The average molecular weight is 629 g/mol. The standard InChI is InChI=1S/C30H36N4O9S/c1-18-23-26(36)34(30(2,3)28(37)32-42-16-12-35)29(38)33(27(23)44-24(18)25-31-11-15-41-25)17-22(43-19-9-13-40-14-10-19)20-7-5-6-8-21(20)39-4/h5-8,11,15,19,22,35H,9-10,12-14,16-17H2,1-4H3,(H,32,37). The molecule has 44 heavy (non-hydrogen) atoms. The lowest BCUT2D eigenvalue weighted by Crippen LogP contribution is -2.56. The van der Waals surface area contributed by atoms with Crippen molar-refractivity contribution in [2.24, 2.45) is 0 Å². The molecule has 236 valence electrons. The van der Waals surface area contributed by atoms with Gasteiger partial charge >= 0.3 is 5.69 Å². The molecule has 14 heteroatoms. The molecule has 4 heterocycles. The summed E-state index contributed by atoms with van der Waals surface area (Å²) in [6.45, 7) is 5.31. The fourth-order valence-electron chi connectivity index (χ4n) is 5.29. The maximum atomic E-state index is 14.4. The van der Waals surface area contributed by atoms with Crippen LogP contribution in [0.4, 0.5) is 0 Å². The van der Waals surface area contributed by atoms with Gasteiger partial charge in [-0.1, -0.05) is 18.2 Å². The number of oxazole rings is 1. The Morgan fingerprint density at radius 2 is 2.00 bits per heavy atom. The van der Waals surface area contributed by atoms with Gasteiger partial charge < -0.3 is 23.7 Å². The van der Waals surface area contributed by atoms with Crippen LogP contribution in [0.2, 0.25) is 0 Å². The molecule has 1 aliphatic rings. The van der Waals surface area contributed by atoms with Gasteiger partial charge in [-0.25, -0.2) is 19.8 Å². The van der Waals surface area contributed by atoms with Crippen LogP contribution in [0.25, 0.3) is 21.0 Å². The number of para-hydroxylation sites is 1. The number of benzene rings is 1. The number of fused-ring (bicyclic) bond motifs is 1. The van der Waals surface area contributed by atoms with Crippen molar-refractivity contribution in [2.75, 3.05) is 33.5 Å². The van der Waals surface area contributed by atoms with Gasteiger partial charge in [0.15, 0.2) is 0 Å². The molecule has 4 aromatic rings. The number of nitrogens with zero attached hydrogens (tertiary/aromatic N) is 3. The lowest BCUT2D eigenvalue weighted by molar-refractivity contribution is -0.142. The van der Waals surface area contributed by atoms with Gasteiger partial charge in [0.05, 0.1) is 49.4 Å². The Morgan fingerprint density at radius 1 is 1.25 bits per heavy atom. The van der Waals surface area contributed by atoms with Gasteiger partial charge in [-0.15, -0.1) is 11.3 Å². The molecule has 2 N–H and O–H groups in total. The molecule has 5 rings (SSSR count). The minimum Gasteiger partial charge on any atom is -0.496 e. The van der Waals surface area contributed by atoms with Gasteiger partial charge in [-0.2, -0.15) is 0 Å². The summed E-state index contributed by atoms with van der Waals surface area (Å²) in [6, 6.07) is 7.43. The highest BCUT2D eigenvalue weighted by Crippen LogP contribution is 2.37. The number of aliphatic hydroxyl groups is 1. The summed E-state index contributed by atoms with van der Waals surface area (Å²) in [5.74, 6) is 0.158. The third kappa shape index (κ3) is 6.08. The monoisotopic (exact) mass is 628 g/mol. The Hall–Kier alpha value is -3.82. The number of rotatable bonds is 12. The molecule has 0 bridgehead atoms. The Labute approximate surface area is 256 Å². The second kappa shape index (κ2) is 13.4. The number of amides is 1. The van der Waals surface area contributed by atoms with Crippen LogP contribution in [0.15, 0.2) is 50.7 Å². The molecule has 0 spiro atoms. The highest BCUT2D eigenvalue weighted by molar-refractivity contribution is 7.22. The molecule has 3 aromatic heterocycles. The fraction of sp³-hybridized carbons (Fsp3) is 0.467. The Kier molecular flexibility index (Phi) is 9.65. The van der Waals surface area contributed by atoms with Crippen molar-refractivity contribution < 1.29 is 33.4 Å². The number of aromatic nitrogens is 3. The van der Waals surface area contributed by atoms with Crippen molar-refractivity contribution in [3.8, 4) is 16.5 Å². The number of hydroxylamine groups is 1. The van der Waals surface area contributed by atoms with Crippen LogP contribution in [0.5, 0.6) is 5.75 Å². The molecular weight excluding hydrogens is 592 g/mol. The highest BCUT2D eigenvalue weighted by Gasteiger charge is 2.37. The van der Waals surface area contributed by atoms with Gasteiger partial charge in [0, 0.05) is 18.8 Å². The molecule has 0 aliphatic carbocycles. The summed E-state index contributed by atoms with van der Waals surface area (Å²) in [6.07, 6.45) is 3.52. The molecule has 13 nitrogen and oxygen atoms in total. The number of aryl methyl sites for hydroxylation is 1. The van der Waals surface area contributed by atoms with Crippen molar-refractivity contribution in [2.45, 2.75) is 57.9 Å². The number of aliphatic hydroxyl groups excluding tert-OH is 1. The summed E-state index contributed by atoms with van der Waals surface area (Å²) in [4.78, 5) is 52.1. The van der Waals surface area contributed by atoms with E-state index >= 15 is 0 Å². The summed E-state index contributed by atoms with van der Waals surface area (Å²) in [5, 5.41) is 9.32. The molecule has 1 aromatic carbocycles. The van der Waals surface area contributed by atoms with Crippen molar-refractivity contribution >= 4 is 27.5 Å². The minimum atomic E-state index is -1.68. The molecule has 1 amide bonds. The van der Waals surface area contributed by atoms with E-state index in [1.165, 1.54) is 42.2 Å². The first-order valence-corrected chi connectivity index (χ1v) is 15.1. The maximum Gasteiger partial charge on any atom is 0.333 e. The quantitative estimate of drug-likeness (QED) is 0.177. The van der Waals surface area contributed by atoms with Gasteiger partial charge in [0.1, 0.15) is 28.5 Å². The zero-order chi connectivity index (χ0) is 31.4. The van der Waals surface area contributed by atoms with E-state index in [2.05, 4.69) is 10.5 Å². The molecule has 0 saturated carbocycles. The summed E-state index contributed by atoms with van der Waals surface area (Å²) in [5.41, 5.74) is 0.499. The number of hydrogen-bond acceptors (Lipinski definition) is 11. The minimum absolute atomic E-state index is 0.0109. The van der Waals surface area contributed by atoms with E-state index in [1.54, 1.807) is 14.0 Å². The first-order chi connectivity index (χ1) is 21.2. The van der Waals surface area contributed by atoms with Gasteiger partial charge in [-0.3, -0.25) is 19.0 Å². The zero-order valence-corrected chi connectivity index (χ0v) is 25.8. The second-order valence-electron chi connectivity index (χ2n) is 10.8. The number of nitrogens with one attached hydrogen (secondary N) is 1. The smallest absolute Gasteiger partial charge is 0.333 e. The van der Waals surface area contributed by atoms with Gasteiger partial charge in [0.25, 0.3) is 11.5 Å². The number of hydrogen-bond donors (Lipinski definition) is 2. The first-order valence-electron chi connectivity index (χ1n) is 14.3. The van der Waals surface area contributed by atoms with E-state index < -0.39 is 28.8 Å². The molecular formula is C30H36N4O9S. The number of ether oxygens (including phenoxy) is 3. The summed E-state index contributed by atoms with van der Waals surface area (Å²) >= 11 is 1.21. The molecule has 1 saturated heterocycles. The Morgan fingerprint density at radius 3 is 2.68 bits per heavy atom. The normalized spacial score (nSPS) is 15.0. The molecule has 1 aliphatic heterocycles.